The first-order valence-corrected chi connectivity index (χ1v) is 10.7. The fourth-order valence-electron chi connectivity index (χ4n) is 3.58. The van der Waals surface area contributed by atoms with E-state index in [1.165, 1.54) is 24.3 Å². The standard InChI is InChI=1S/C26H21F2N3O4/c27-20-9-5-18(6-10-20)14-31-25(33)23(28)15-30(26(31)34)13-17-7-11-21(12-8-17)35-16-19-3-1-2-4-22(19)24(29)32/h1-12,15H,13-14,16H2,(H2,29,32). The third-order valence-electron chi connectivity index (χ3n) is 5.40. The number of amides is 1. The largest absolute Gasteiger partial charge is 0.489 e. The topological polar surface area (TPSA) is 96.3 Å². The normalized spacial score (nSPS) is 10.8. The predicted octanol–water partition coefficient (Wildman–Crippen LogP) is 3.06. The Morgan fingerprint density at radius 3 is 2.17 bits per heavy atom. The summed E-state index contributed by atoms with van der Waals surface area (Å²) in [5.41, 5.74) is 5.83. The molecule has 2 N–H and O–H groups in total. The van der Waals surface area contributed by atoms with Gasteiger partial charge in [0.15, 0.2) is 0 Å². The van der Waals surface area contributed by atoms with Gasteiger partial charge in [0.2, 0.25) is 11.7 Å². The minimum absolute atomic E-state index is 0.0181. The number of nitrogens with zero attached hydrogens (tertiary/aromatic N) is 2. The van der Waals surface area contributed by atoms with Crippen LogP contribution in [0.4, 0.5) is 8.78 Å². The molecule has 35 heavy (non-hydrogen) atoms. The molecule has 0 unspecified atom stereocenters. The van der Waals surface area contributed by atoms with Gasteiger partial charge in [-0.1, -0.05) is 42.5 Å². The Labute approximate surface area is 198 Å². The van der Waals surface area contributed by atoms with Gasteiger partial charge in [0.1, 0.15) is 18.2 Å². The third-order valence-corrected chi connectivity index (χ3v) is 5.40. The first-order valence-electron chi connectivity index (χ1n) is 10.7. The molecule has 0 spiro atoms. The molecule has 0 aliphatic carbocycles. The molecule has 3 aromatic carbocycles. The molecule has 0 radical (unpaired) electrons. The summed E-state index contributed by atoms with van der Waals surface area (Å²) in [5.74, 6) is -1.55. The average molecular weight is 477 g/mol. The van der Waals surface area contributed by atoms with Crippen LogP contribution in [-0.2, 0) is 19.7 Å². The van der Waals surface area contributed by atoms with Crippen molar-refractivity contribution < 1.29 is 18.3 Å². The van der Waals surface area contributed by atoms with Gasteiger partial charge in [0.25, 0.3) is 5.56 Å². The van der Waals surface area contributed by atoms with Crippen LogP contribution in [0.1, 0.15) is 27.0 Å². The van der Waals surface area contributed by atoms with E-state index in [-0.39, 0.29) is 19.7 Å². The molecule has 4 rings (SSSR count). The van der Waals surface area contributed by atoms with Gasteiger partial charge < -0.3 is 10.5 Å². The average Bonchev–Trinajstić information content (AvgIpc) is 2.86. The summed E-state index contributed by atoms with van der Waals surface area (Å²) in [5, 5.41) is 0. The van der Waals surface area contributed by atoms with Crippen molar-refractivity contribution in [2.45, 2.75) is 19.7 Å². The van der Waals surface area contributed by atoms with Crippen LogP contribution in [-0.4, -0.2) is 15.0 Å². The van der Waals surface area contributed by atoms with Crippen LogP contribution < -0.4 is 21.7 Å². The van der Waals surface area contributed by atoms with E-state index in [4.69, 9.17) is 10.5 Å². The molecule has 4 aromatic rings. The Hall–Kier alpha value is -4.53. The van der Waals surface area contributed by atoms with Gasteiger partial charge in [-0.2, -0.15) is 4.39 Å². The number of rotatable bonds is 8. The Balaban J connectivity index is 1.50. The number of ether oxygens (including phenoxy) is 1. The lowest BCUT2D eigenvalue weighted by molar-refractivity contribution is 0.0998. The minimum atomic E-state index is -1.07. The number of hydrogen-bond donors (Lipinski definition) is 1. The van der Waals surface area contributed by atoms with Crippen molar-refractivity contribution in [3.63, 3.8) is 0 Å². The second kappa shape index (κ2) is 10.2. The molecule has 0 aliphatic heterocycles. The molecule has 1 amide bonds. The number of halogens is 2. The Morgan fingerprint density at radius 1 is 0.857 bits per heavy atom. The van der Waals surface area contributed by atoms with Crippen LogP contribution in [0.3, 0.4) is 0 Å². The molecule has 0 saturated heterocycles. The molecular weight excluding hydrogens is 456 g/mol. The highest BCUT2D eigenvalue weighted by atomic mass is 19.1. The second-order valence-electron chi connectivity index (χ2n) is 7.86. The lowest BCUT2D eigenvalue weighted by Crippen LogP contribution is -2.41. The van der Waals surface area contributed by atoms with E-state index in [9.17, 15) is 23.2 Å². The highest BCUT2D eigenvalue weighted by Crippen LogP contribution is 2.16. The Bertz CT molecular complexity index is 1480. The second-order valence-corrected chi connectivity index (χ2v) is 7.86. The fourth-order valence-corrected chi connectivity index (χ4v) is 3.58. The molecule has 1 heterocycles. The van der Waals surface area contributed by atoms with Gasteiger partial charge in [-0.15, -0.1) is 0 Å². The maximum absolute atomic E-state index is 14.3. The molecule has 0 fully saturated rings. The zero-order valence-corrected chi connectivity index (χ0v) is 18.5. The highest BCUT2D eigenvalue weighted by molar-refractivity contribution is 5.94. The van der Waals surface area contributed by atoms with Gasteiger partial charge in [-0.25, -0.2) is 9.18 Å². The van der Waals surface area contributed by atoms with Gasteiger partial charge in [-0.3, -0.25) is 18.7 Å². The van der Waals surface area contributed by atoms with Gasteiger partial charge in [0.05, 0.1) is 19.3 Å². The van der Waals surface area contributed by atoms with Crippen molar-refractivity contribution in [3.8, 4) is 5.75 Å². The molecule has 1 aromatic heterocycles. The summed E-state index contributed by atoms with van der Waals surface area (Å²) < 4.78 is 35.0. The van der Waals surface area contributed by atoms with Crippen molar-refractivity contribution >= 4 is 5.91 Å². The lowest BCUT2D eigenvalue weighted by atomic mass is 10.1. The van der Waals surface area contributed by atoms with E-state index in [1.807, 2.05) is 0 Å². The number of carbonyl (C=O) groups excluding carboxylic acids is 1. The van der Waals surface area contributed by atoms with Gasteiger partial charge in [-0.05, 0) is 41.5 Å². The molecule has 0 bridgehead atoms. The summed E-state index contributed by atoms with van der Waals surface area (Å²) in [4.78, 5) is 36.6. The predicted molar refractivity (Wildman–Crippen MR) is 125 cm³/mol. The fraction of sp³-hybridized carbons (Fsp3) is 0.115. The van der Waals surface area contributed by atoms with Crippen LogP contribution in [0.15, 0.2) is 88.6 Å². The summed E-state index contributed by atoms with van der Waals surface area (Å²) in [7, 11) is 0. The Kier molecular flexibility index (Phi) is 6.86. The first kappa shape index (κ1) is 23.6. The molecule has 0 saturated carbocycles. The van der Waals surface area contributed by atoms with Crippen LogP contribution in [0.5, 0.6) is 5.75 Å². The van der Waals surface area contributed by atoms with Crippen molar-refractivity contribution in [2.24, 2.45) is 5.73 Å². The zero-order valence-electron chi connectivity index (χ0n) is 18.5. The van der Waals surface area contributed by atoms with Gasteiger partial charge >= 0.3 is 5.69 Å². The molecule has 7 nitrogen and oxygen atoms in total. The van der Waals surface area contributed by atoms with Crippen LogP contribution >= 0.6 is 0 Å². The van der Waals surface area contributed by atoms with Crippen molar-refractivity contribution in [1.29, 1.82) is 0 Å². The number of carbonyl (C=O) groups is 1. The molecular formula is C26H21F2N3O4. The molecule has 178 valence electrons. The van der Waals surface area contributed by atoms with E-state index in [0.29, 0.717) is 28.0 Å². The van der Waals surface area contributed by atoms with Crippen LogP contribution in [0.25, 0.3) is 0 Å². The van der Waals surface area contributed by atoms with Crippen LogP contribution in [0.2, 0.25) is 0 Å². The van der Waals surface area contributed by atoms with E-state index >= 15 is 0 Å². The van der Waals surface area contributed by atoms with Crippen molar-refractivity contribution in [1.82, 2.24) is 9.13 Å². The number of hydrogen-bond acceptors (Lipinski definition) is 4. The summed E-state index contributed by atoms with van der Waals surface area (Å²) in [6.45, 7) is -0.0308. The highest BCUT2D eigenvalue weighted by Gasteiger charge is 2.13. The molecule has 0 aliphatic rings. The number of primary amides is 1. The monoisotopic (exact) mass is 477 g/mol. The minimum Gasteiger partial charge on any atom is -0.489 e. The third kappa shape index (κ3) is 5.52. The first-order chi connectivity index (χ1) is 16.8. The maximum atomic E-state index is 14.3. The zero-order chi connectivity index (χ0) is 24.9. The van der Waals surface area contributed by atoms with Crippen molar-refractivity contribution in [2.75, 3.05) is 0 Å². The van der Waals surface area contributed by atoms with Gasteiger partial charge in [0, 0.05) is 11.1 Å². The van der Waals surface area contributed by atoms with Crippen molar-refractivity contribution in [3.05, 3.63) is 134 Å². The number of nitrogens with two attached hydrogens (primary N) is 1. The molecule has 0 atom stereocenters. The molecule has 9 heteroatoms. The summed E-state index contributed by atoms with van der Waals surface area (Å²) in [6.07, 6.45) is 0.872. The van der Waals surface area contributed by atoms with E-state index in [0.717, 1.165) is 15.3 Å². The van der Waals surface area contributed by atoms with E-state index in [2.05, 4.69) is 0 Å². The van der Waals surface area contributed by atoms with Crippen LogP contribution in [0, 0.1) is 11.6 Å². The number of aromatic nitrogens is 2. The van der Waals surface area contributed by atoms with E-state index < -0.39 is 28.8 Å². The lowest BCUT2D eigenvalue weighted by Gasteiger charge is -2.12. The summed E-state index contributed by atoms with van der Waals surface area (Å²) in [6, 6.07) is 18.9. The quantitative estimate of drug-likeness (QED) is 0.422. The maximum Gasteiger partial charge on any atom is 0.331 e. The SMILES string of the molecule is NC(=O)c1ccccc1COc1ccc(Cn2cc(F)c(=O)n(Cc3ccc(F)cc3)c2=O)cc1. The summed E-state index contributed by atoms with van der Waals surface area (Å²) >= 11 is 0. The van der Waals surface area contributed by atoms with E-state index in [1.54, 1.807) is 48.5 Å². The number of benzene rings is 3. The Morgan fingerprint density at radius 2 is 1.49 bits per heavy atom. The smallest absolute Gasteiger partial charge is 0.331 e.